The standard InChI is InChI=1S/C21H33NO3/c1-20-7-6-8-21(14-24-21)18(20)11-15-16(19(23)25-17(15)12-20)13-22-9-4-2-3-5-10-22/h15-18H,2-14H2,1H3/t15-,16+,17-,18-,20-,21+/m1/s1. The molecule has 0 N–H and O–H groups in total. The van der Waals surface area contributed by atoms with Crippen molar-refractivity contribution in [2.75, 3.05) is 26.2 Å². The van der Waals surface area contributed by atoms with E-state index in [2.05, 4.69) is 11.8 Å². The highest BCUT2D eigenvalue weighted by atomic mass is 16.6. The minimum atomic E-state index is 0.0901. The van der Waals surface area contributed by atoms with E-state index in [9.17, 15) is 4.79 Å². The van der Waals surface area contributed by atoms with E-state index in [0.717, 1.165) is 39.1 Å². The fraction of sp³-hybridized carbons (Fsp3) is 0.952. The molecule has 25 heavy (non-hydrogen) atoms. The van der Waals surface area contributed by atoms with Gasteiger partial charge in [0.15, 0.2) is 0 Å². The summed E-state index contributed by atoms with van der Waals surface area (Å²) in [7, 11) is 0. The van der Waals surface area contributed by atoms with Crippen molar-refractivity contribution in [2.24, 2.45) is 23.2 Å². The van der Waals surface area contributed by atoms with E-state index in [4.69, 9.17) is 9.47 Å². The number of hydrogen-bond donors (Lipinski definition) is 0. The SMILES string of the molecule is C[C@]12CCC[C@]3(CO3)[C@@H]1C[C@@H]1[C@H](CN3CCCCCC3)C(=O)O[C@@H]1C2. The molecule has 3 aliphatic heterocycles. The quantitative estimate of drug-likeness (QED) is 0.567. The number of fused-ring (bicyclic) bond motifs is 3. The Hall–Kier alpha value is -0.610. The summed E-state index contributed by atoms with van der Waals surface area (Å²) in [6.07, 6.45) is 11.4. The predicted octanol–water partition coefficient (Wildman–Crippen LogP) is 3.39. The van der Waals surface area contributed by atoms with E-state index >= 15 is 0 Å². The highest BCUT2D eigenvalue weighted by Gasteiger charge is 2.65. The van der Waals surface area contributed by atoms with Gasteiger partial charge in [0.05, 0.1) is 18.1 Å². The van der Waals surface area contributed by atoms with Crippen molar-refractivity contribution in [3.63, 3.8) is 0 Å². The average molecular weight is 347 g/mol. The topological polar surface area (TPSA) is 42.1 Å². The lowest BCUT2D eigenvalue weighted by molar-refractivity contribution is -0.147. The molecule has 5 fully saturated rings. The molecule has 0 aromatic carbocycles. The van der Waals surface area contributed by atoms with Crippen LogP contribution >= 0.6 is 0 Å². The molecular weight excluding hydrogens is 314 g/mol. The number of epoxide rings is 1. The third kappa shape index (κ3) is 2.75. The van der Waals surface area contributed by atoms with Crippen molar-refractivity contribution in [3.8, 4) is 0 Å². The Morgan fingerprint density at radius 2 is 1.88 bits per heavy atom. The first-order valence-electron chi connectivity index (χ1n) is 10.7. The molecule has 5 aliphatic rings. The maximum Gasteiger partial charge on any atom is 0.310 e. The molecular formula is C21H33NO3. The van der Waals surface area contributed by atoms with Crippen LogP contribution in [0, 0.1) is 23.2 Å². The van der Waals surface area contributed by atoms with Crippen molar-refractivity contribution >= 4 is 5.97 Å². The molecule has 140 valence electrons. The molecule has 0 radical (unpaired) electrons. The van der Waals surface area contributed by atoms with Gasteiger partial charge >= 0.3 is 5.97 Å². The second kappa shape index (κ2) is 5.95. The minimum absolute atomic E-state index is 0.0901. The van der Waals surface area contributed by atoms with E-state index in [-0.39, 0.29) is 23.6 Å². The summed E-state index contributed by atoms with van der Waals surface area (Å²) in [5, 5.41) is 0. The highest BCUT2D eigenvalue weighted by Crippen LogP contribution is 2.62. The van der Waals surface area contributed by atoms with Crippen LogP contribution in [0.3, 0.4) is 0 Å². The van der Waals surface area contributed by atoms with Gasteiger partial charge in [0.1, 0.15) is 6.10 Å². The number of nitrogens with zero attached hydrogens (tertiary/aromatic N) is 1. The molecule has 6 atom stereocenters. The summed E-state index contributed by atoms with van der Waals surface area (Å²) < 4.78 is 12.0. The first-order valence-corrected chi connectivity index (χ1v) is 10.7. The van der Waals surface area contributed by atoms with Gasteiger partial charge in [-0.05, 0) is 69.4 Å². The van der Waals surface area contributed by atoms with E-state index in [1.165, 1.54) is 44.9 Å². The monoisotopic (exact) mass is 347 g/mol. The average Bonchev–Trinajstić information content (AvgIpc) is 3.32. The second-order valence-electron chi connectivity index (χ2n) is 9.81. The molecule has 2 aliphatic carbocycles. The third-order valence-corrected chi connectivity index (χ3v) is 8.23. The minimum Gasteiger partial charge on any atom is -0.462 e. The van der Waals surface area contributed by atoms with Crippen LogP contribution in [-0.2, 0) is 14.3 Å². The number of rotatable bonds is 2. The normalized spacial score (nSPS) is 50.0. The van der Waals surface area contributed by atoms with Crippen molar-refractivity contribution in [1.29, 1.82) is 0 Å². The lowest BCUT2D eigenvalue weighted by atomic mass is 9.53. The molecule has 1 spiro atoms. The molecule has 0 amide bonds. The van der Waals surface area contributed by atoms with Gasteiger partial charge in [-0.3, -0.25) is 4.79 Å². The Labute approximate surface area is 151 Å². The summed E-state index contributed by atoms with van der Waals surface area (Å²) >= 11 is 0. The number of likely N-dealkylation sites (tertiary alicyclic amines) is 1. The molecule has 0 bridgehead atoms. The van der Waals surface area contributed by atoms with E-state index in [0.29, 0.717) is 17.3 Å². The van der Waals surface area contributed by atoms with Gasteiger partial charge in [-0.1, -0.05) is 19.8 Å². The van der Waals surface area contributed by atoms with Crippen LogP contribution in [0.25, 0.3) is 0 Å². The zero-order valence-corrected chi connectivity index (χ0v) is 15.7. The molecule has 3 heterocycles. The lowest BCUT2D eigenvalue weighted by Crippen LogP contribution is -2.51. The van der Waals surface area contributed by atoms with Crippen LogP contribution < -0.4 is 0 Å². The molecule has 2 saturated carbocycles. The Balaban J connectivity index is 1.34. The zero-order chi connectivity index (χ0) is 17.1. The van der Waals surface area contributed by atoms with Gasteiger partial charge in [0.2, 0.25) is 0 Å². The largest absolute Gasteiger partial charge is 0.462 e. The van der Waals surface area contributed by atoms with Gasteiger partial charge in [0, 0.05) is 12.5 Å². The number of esters is 1. The van der Waals surface area contributed by atoms with Crippen molar-refractivity contribution < 1.29 is 14.3 Å². The fourth-order valence-electron chi connectivity index (χ4n) is 6.76. The van der Waals surface area contributed by atoms with Crippen LogP contribution in [0.5, 0.6) is 0 Å². The molecule has 0 unspecified atom stereocenters. The number of ether oxygens (including phenoxy) is 2. The Morgan fingerprint density at radius 3 is 2.60 bits per heavy atom. The summed E-state index contributed by atoms with van der Waals surface area (Å²) in [6, 6.07) is 0. The predicted molar refractivity (Wildman–Crippen MR) is 95.1 cm³/mol. The Bertz CT molecular complexity index is 537. The summed E-state index contributed by atoms with van der Waals surface area (Å²) in [5.41, 5.74) is 0.477. The van der Waals surface area contributed by atoms with Gasteiger partial charge < -0.3 is 14.4 Å². The molecule has 3 saturated heterocycles. The van der Waals surface area contributed by atoms with Crippen molar-refractivity contribution in [1.82, 2.24) is 4.90 Å². The van der Waals surface area contributed by atoms with Crippen LogP contribution in [0.1, 0.15) is 64.7 Å². The maximum atomic E-state index is 12.7. The van der Waals surface area contributed by atoms with E-state index in [1.54, 1.807) is 0 Å². The van der Waals surface area contributed by atoms with Crippen LogP contribution in [0.15, 0.2) is 0 Å². The van der Waals surface area contributed by atoms with Gasteiger partial charge in [-0.15, -0.1) is 0 Å². The maximum absolute atomic E-state index is 12.7. The first kappa shape index (κ1) is 16.6. The summed E-state index contributed by atoms with van der Waals surface area (Å²) in [6.45, 7) is 6.64. The van der Waals surface area contributed by atoms with E-state index < -0.39 is 0 Å². The van der Waals surface area contributed by atoms with Crippen LogP contribution in [-0.4, -0.2) is 48.8 Å². The van der Waals surface area contributed by atoms with Crippen molar-refractivity contribution in [2.45, 2.75) is 76.4 Å². The van der Waals surface area contributed by atoms with Gasteiger partial charge in [-0.25, -0.2) is 0 Å². The number of carbonyl (C=O) groups is 1. The second-order valence-corrected chi connectivity index (χ2v) is 9.81. The van der Waals surface area contributed by atoms with Crippen molar-refractivity contribution in [3.05, 3.63) is 0 Å². The van der Waals surface area contributed by atoms with E-state index in [1.807, 2.05) is 0 Å². The van der Waals surface area contributed by atoms with Gasteiger partial charge in [-0.2, -0.15) is 0 Å². The first-order chi connectivity index (χ1) is 12.1. The van der Waals surface area contributed by atoms with Gasteiger partial charge in [0.25, 0.3) is 0 Å². The Kier molecular flexibility index (Phi) is 3.94. The van der Waals surface area contributed by atoms with Crippen LogP contribution in [0.4, 0.5) is 0 Å². The smallest absolute Gasteiger partial charge is 0.310 e. The Morgan fingerprint density at radius 1 is 1.12 bits per heavy atom. The fourth-order valence-corrected chi connectivity index (χ4v) is 6.76. The van der Waals surface area contributed by atoms with Crippen LogP contribution in [0.2, 0.25) is 0 Å². The molecule has 0 aromatic rings. The highest BCUT2D eigenvalue weighted by molar-refractivity contribution is 5.75. The summed E-state index contributed by atoms with van der Waals surface area (Å²) in [4.78, 5) is 15.2. The number of carbonyl (C=O) groups excluding carboxylic acids is 1. The molecule has 5 rings (SSSR count). The lowest BCUT2D eigenvalue weighted by Gasteiger charge is -2.51. The third-order valence-electron chi connectivity index (χ3n) is 8.23. The number of hydrogen-bond acceptors (Lipinski definition) is 4. The molecule has 0 aromatic heterocycles. The molecule has 4 nitrogen and oxygen atoms in total. The zero-order valence-electron chi connectivity index (χ0n) is 15.7. The summed E-state index contributed by atoms with van der Waals surface area (Å²) in [5.74, 6) is 1.25. The molecule has 4 heteroatoms.